The van der Waals surface area contributed by atoms with E-state index in [2.05, 4.69) is 11.1 Å². The summed E-state index contributed by atoms with van der Waals surface area (Å²) in [6, 6.07) is 7.76. The van der Waals surface area contributed by atoms with Gasteiger partial charge in [0.25, 0.3) is 0 Å². The average molecular weight is 369 g/mol. The van der Waals surface area contributed by atoms with Crippen LogP contribution in [0, 0.1) is 0 Å². The normalized spacial score (nSPS) is 11.4. The molecule has 0 bridgehead atoms. The molecule has 142 valence electrons. The highest BCUT2D eigenvalue weighted by Gasteiger charge is 2.19. The van der Waals surface area contributed by atoms with Crippen molar-refractivity contribution in [3.63, 3.8) is 0 Å². The lowest BCUT2D eigenvalue weighted by atomic mass is 10.1. The van der Waals surface area contributed by atoms with E-state index in [1.165, 1.54) is 63.5 Å². The summed E-state index contributed by atoms with van der Waals surface area (Å²) in [7, 11) is -3.97. The van der Waals surface area contributed by atoms with Crippen LogP contribution in [0.1, 0.15) is 84.0 Å². The number of carbonyl (C=O) groups excluding carboxylic acids is 1. The van der Waals surface area contributed by atoms with E-state index in [1.807, 2.05) is 0 Å². The van der Waals surface area contributed by atoms with Gasteiger partial charge in [0.1, 0.15) is 4.90 Å². The third kappa shape index (κ3) is 10.3. The highest BCUT2D eigenvalue weighted by atomic mass is 32.2. The van der Waals surface area contributed by atoms with Crippen molar-refractivity contribution in [3.8, 4) is 0 Å². The van der Waals surface area contributed by atoms with E-state index in [0.29, 0.717) is 6.42 Å². The summed E-state index contributed by atoms with van der Waals surface area (Å²) in [4.78, 5) is 11.7. The van der Waals surface area contributed by atoms with Crippen LogP contribution in [0.2, 0.25) is 0 Å². The van der Waals surface area contributed by atoms with E-state index in [9.17, 15) is 13.2 Å². The summed E-state index contributed by atoms with van der Waals surface area (Å²) >= 11 is 0. The van der Waals surface area contributed by atoms with Crippen LogP contribution in [0.5, 0.6) is 0 Å². The van der Waals surface area contributed by atoms with Crippen LogP contribution in [-0.2, 0) is 19.1 Å². The van der Waals surface area contributed by atoms with Crippen LogP contribution in [0.15, 0.2) is 35.2 Å². The molecule has 25 heavy (non-hydrogen) atoms. The molecule has 1 rings (SSSR count). The molecule has 0 unspecified atom stereocenters. The first-order chi connectivity index (χ1) is 12.1. The van der Waals surface area contributed by atoms with Crippen molar-refractivity contribution in [3.05, 3.63) is 30.3 Å². The van der Waals surface area contributed by atoms with Crippen molar-refractivity contribution < 1.29 is 17.4 Å². The highest BCUT2D eigenvalue weighted by molar-refractivity contribution is 7.87. The molecule has 0 amide bonds. The summed E-state index contributed by atoms with van der Waals surface area (Å²) < 4.78 is 28.5. The van der Waals surface area contributed by atoms with Crippen LogP contribution in [0.25, 0.3) is 0 Å². The molecule has 1 aromatic carbocycles. The number of carbonyl (C=O) groups is 1. The Kier molecular flexibility index (Phi) is 11.2. The molecule has 0 fully saturated rings. The molecular formula is C20H32O4S. The monoisotopic (exact) mass is 368 g/mol. The number of benzene rings is 1. The third-order valence-electron chi connectivity index (χ3n) is 4.22. The zero-order chi connectivity index (χ0) is 18.4. The molecule has 0 aliphatic carbocycles. The van der Waals surface area contributed by atoms with E-state index in [1.54, 1.807) is 18.2 Å². The van der Waals surface area contributed by atoms with Crippen molar-refractivity contribution >= 4 is 16.1 Å². The molecule has 5 heteroatoms. The lowest BCUT2D eigenvalue weighted by molar-refractivity contribution is -0.133. The van der Waals surface area contributed by atoms with Gasteiger partial charge < -0.3 is 4.18 Å². The summed E-state index contributed by atoms with van der Waals surface area (Å²) in [5.74, 6) is -0.667. The number of hydrogen-bond donors (Lipinski definition) is 0. The lowest BCUT2D eigenvalue weighted by Crippen LogP contribution is -2.13. The standard InChI is InChI=1S/C20H32O4S/c1-2-3-4-5-6-7-8-9-10-11-15-18-20(21)24-25(22,23)19-16-13-12-14-17-19/h12-14,16-17H,2-11,15,18H2,1H3. The Hall–Kier alpha value is -1.36. The van der Waals surface area contributed by atoms with Crippen molar-refractivity contribution in [2.75, 3.05) is 0 Å². The van der Waals surface area contributed by atoms with Gasteiger partial charge in [-0.3, -0.25) is 4.79 Å². The number of rotatable bonds is 14. The van der Waals surface area contributed by atoms with Crippen molar-refractivity contribution in [2.24, 2.45) is 0 Å². The van der Waals surface area contributed by atoms with E-state index < -0.39 is 16.1 Å². The summed E-state index contributed by atoms with van der Waals surface area (Å²) in [6.45, 7) is 2.23. The van der Waals surface area contributed by atoms with Gasteiger partial charge in [-0.25, -0.2) is 0 Å². The molecular weight excluding hydrogens is 336 g/mol. The zero-order valence-corrected chi connectivity index (χ0v) is 16.2. The second-order valence-electron chi connectivity index (χ2n) is 6.51. The Labute approximate surface area is 153 Å². The molecule has 0 aliphatic rings. The van der Waals surface area contributed by atoms with Gasteiger partial charge in [0.15, 0.2) is 0 Å². The molecule has 0 radical (unpaired) electrons. The lowest BCUT2D eigenvalue weighted by Gasteiger charge is -2.05. The van der Waals surface area contributed by atoms with Gasteiger partial charge in [0.05, 0.1) is 0 Å². The van der Waals surface area contributed by atoms with Crippen LogP contribution in [0.3, 0.4) is 0 Å². The Morgan fingerprint density at radius 2 is 1.28 bits per heavy atom. The summed E-state index contributed by atoms with van der Waals surface area (Å²) in [6.07, 6.45) is 13.2. The molecule has 0 saturated heterocycles. The Morgan fingerprint density at radius 3 is 1.80 bits per heavy atom. The largest absolute Gasteiger partial charge is 0.342 e. The van der Waals surface area contributed by atoms with Crippen LogP contribution in [0.4, 0.5) is 0 Å². The van der Waals surface area contributed by atoms with Crippen LogP contribution >= 0.6 is 0 Å². The minimum atomic E-state index is -3.97. The maximum atomic E-state index is 11.9. The van der Waals surface area contributed by atoms with E-state index in [4.69, 9.17) is 0 Å². The molecule has 0 aromatic heterocycles. The van der Waals surface area contributed by atoms with Crippen molar-refractivity contribution in [2.45, 2.75) is 88.9 Å². The van der Waals surface area contributed by atoms with Crippen molar-refractivity contribution in [1.82, 2.24) is 0 Å². The second kappa shape index (κ2) is 12.9. The van der Waals surface area contributed by atoms with Crippen LogP contribution < -0.4 is 0 Å². The minimum Gasteiger partial charge on any atom is -0.342 e. The molecule has 0 saturated carbocycles. The fraction of sp³-hybridized carbons (Fsp3) is 0.650. The first kappa shape index (κ1) is 21.7. The second-order valence-corrected chi connectivity index (χ2v) is 8.05. The minimum absolute atomic E-state index is 0.0160. The van der Waals surface area contributed by atoms with Gasteiger partial charge in [0.2, 0.25) is 0 Å². The molecule has 1 aromatic rings. The Bertz CT molecular complexity index is 567. The molecule has 4 nitrogen and oxygen atoms in total. The van der Waals surface area contributed by atoms with Gasteiger partial charge in [-0.2, -0.15) is 8.42 Å². The zero-order valence-electron chi connectivity index (χ0n) is 15.4. The quantitative estimate of drug-likeness (QED) is 0.316. The smallest absolute Gasteiger partial charge is 0.341 e. The predicted octanol–water partition coefficient (Wildman–Crippen LogP) is 5.62. The molecule has 0 spiro atoms. The van der Waals surface area contributed by atoms with E-state index in [0.717, 1.165) is 12.8 Å². The Balaban J connectivity index is 2.04. The van der Waals surface area contributed by atoms with Gasteiger partial charge in [-0.05, 0) is 18.6 Å². The first-order valence-corrected chi connectivity index (χ1v) is 11.0. The third-order valence-corrected chi connectivity index (χ3v) is 5.47. The maximum absolute atomic E-state index is 11.9. The SMILES string of the molecule is CCCCCCCCCCCCCC(=O)OS(=O)(=O)c1ccccc1. The summed E-state index contributed by atoms with van der Waals surface area (Å²) in [5, 5.41) is 0. The van der Waals surface area contributed by atoms with Crippen molar-refractivity contribution in [1.29, 1.82) is 0 Å². The summed E-state index contributed by atoms with van der Waals surface area (Å²) in [5.41, 5.74) is 0. The van der Waals surface area contributed by atoms with Gasteiger partial charge in [0, 0.05) is 6.42 Å². The molecule has 0 N–H and O–H groups in total. The maximum Gasteiger partial charge on any atom is 0.341 e. The first-order valence-electron chi connectivity index (χ1n) is 9.58. The van der Waals surface area contributed by atoms with Gasteiger partial charge >= 0.3 is 16.1 Å². The fourth-order valence-electron chi connectivity index (χ4n) is 2.73. The average Bonchev–Trinajstić information content (AvgIpc) is 2.60. The van der Waals surface area contributed by atoms with Gasteiger partial charge in [-0.15, -0.1) is 0 Å². The topological polar surface area (TPSA) is 60.4 Å². The van der Waals surface area contributed by atoms with E-state index in [-0.39, 0.29) is 11.3 Å². The fourth-order valence-corrected chi connectivity index (χ4v) is 3.65. The predicted molar refractivity (Wildman–Crippen MR) is 101 cm³/mol. The van der Waals surface area contributed by atoms with Gasteiger partial charge in [-0.1, -0.05) is 89.3 Å². The molecule has 0 aliphatic heterocycles. The van der Waals surface area contributed by atoms with E-state index >= 15 is 0 Å². The molecule has 0 atom stereocenters. The highest BCUT2D eigenvalue weighted by Crippen LogP contribution is 2.15. The molecule has 0 heterocycles. The van der Waals surface area contributed by atoms with Crippen LogP contribution in [-0.4, -0.2) is 14.4 Å². The number of hydrogen-bond acceptors (Lipinski definition) is 4. The Morgan fingerprint density at radius 1 is 0.800 bits per heavy atom. The number of unbranched alkanes of at least 4 members (excludes halogenated alkanes) is 10.